The Kier molecular flexibility index (Phi) is 8.00. The molecule has 2 aromatic heterocycles. The fourth-order valence-electron chi connectivity index (χ4n) is 8.93. The number of aliphatic imine (C=N–C) groups is 1. The smallest absolute Gasteiger partial charge is 0.131 e. The van der Waals surface area contributed by atoms with Crippen molar-refractivity contribution >= 4 is 76.7 Å². The van der Waals surface area contributed by atoms with E-state index in [0.717, 1.165) is 45.7 Å². The van der Waals surface area contributed by atoms with Crippen molar-refractivity contribution < 1.29 is 0 Å². The molecule has 0 spiro atoms. The lowest BCUT2D eigenvalue weighted by Gasteiger charge is -2.13. The largest absolute Gasteiger partial charge is 0.383 e. The second-order valence-electron chi connectivity index (χ2n) is 14.9. The number of hydrogen-bond donors (Lipinski definition) is 1. The lowest BCUT2D eigenvalue weighted by Crippen LogP contribution is -2.14. The third kappa shape index (κ3) is 5.49. The normalized spacial score (nSPS) is 12.5. The predicted molar refractivity (Wildman–Crippen MR) is 245 cm³/mol. The maximum atomic E-state index is 6.90. The molecule has 0 fully saturated rings. The second kappa shape index (κ2) is 13.8. The molecule has 4 nitrogen and oxygen atoms in total. The molecule has 2 heterocycles. The Bertz CT molecular complexity index is 3410. The maximum Gasteiger partial charge on any atom is 0.131 e. The first-order chi connectivity index (χ1) is 28.7. The number of rotatable bonds is 7. The maximum absolute atomic E-state index is 6.90. The van der Waals surface area contributed by atoms with Gasteiger partial charge in [-0.3, -0.25) is 0 Å². The van der Waals surface area contributed by atoms with Crippen molar-refractivity contribution in [1.29, 1.82) is 0 Å². The van der Waals surface area contributed by atoms with Gasteiger partial charge < -0.3 is 14.9 Å². The standard InChI is InChI=1S/C54H38N4/c55-54(56-47(37-17-6-2-7-18-37)33-27-36-15-4-1-5-16-36)39-19-14-22-41(35-39)57-49-26-13-11-24-46(49)52-44-30-28-38-29-31-45-42-23-10-12-25-48(42)58(40-20-8-3-9-21-40)53(45)51(38)43(44)32-34-50(52)57/h1-26,28-35H,27H2,(H2,55,56)/b47-33-. The highest BCUT2D eigenvalue weighted by Gasteiger charge is 2.20. The fraction of sp³-hybridized carbons (Fsp3) is 0.0185. The van der Waals surface area contributed by atoms with E-state index in [1.165, 1.54) is 59.7 Å². The van der Waals surface area contributed by atoms with Crippen molar-refractivity contribution in [2.24, 2.45) is 10.7 Å². The van der Waals surface area contributed by atoms with E-state index in [4.69, 9.17) is 10.7 Å². The van der Waals surface area contributed by atoms with Crippen molar-refractivity contribution in [1.82, 2.24) is 9.13 Å². The van der Waals surface area contributed by atoms with Crippen LogP contribution in [0.25, 0.3) is 82.2 Å². The van der Waals surface area contributed by atoms with Gasteiger partial charge in [-0.15, -0.1) is 0 Å². The van der Waals surface area contributed by atoms with Gasteiger partial charge in [0.2, 0.25) is 0 Å². The van der Waals surface area contributed by atoms with Crippen molar-refractivity contribution in [3.63, 3.8) is 0 Å². The first-order valence-corrected chi connectivity index (χ1v) is 19.8. The number of nitrogens with two attached hydrogens (primary N) is 1. The second-order valence-corrected chi connectivity index (χ2v) is 14.9. The molecule has 0 bridgehead atoms. The molecule has 0 unspecified atom stereocenters. The van der Waals surface area contributed by atoms with Gasteiger partial charge in [-0.05, 0) is 76.2 Å². The molecule has 0 saturated carbocycles. The molecule has 0 saturated heterocycles. The van der Waals surface area contributed by atoms with Crippen LogP contribution in [0.2, 0.25) is 0 Å². The molecule has 0 aliphatic carbocycles. The predicted octanol–water partition coefficient (Wildman–Crippen LogP) is 13.2. The molecule has 274 valence electrons. The molecule has 0 atom stereocenters. The lowest BCUT2D eigenvalue weighted by molar-refractivity contribution is 1.18. The summed E-state index contributed by atoms with van der Waals surface area (Å²) >= 11 is 0. The average Bonchev–Trinajstić information content (AvgIpc) is 3.82. The van der Waals surface area contributed by atoms with Gasteiger partial charge in [0.25, 0.3) is 0 Å². The van der Waals surface area contributed by atoms with Crippen molar-refractivity contribution in [3.05, 3.63) is 223 Å². The van der Waals surface area contributed by atoms with Gasteiger partial charge in [-0.1, -0.05) is 164 Å². The van der Waals surface area contributed by atoms with Gasteiger partial charge in [0.05, 0.1) is 27.8 Å². The summed E-state index contributed by atoms with van der Waals surface area (Å²) in [7, 11) is 0. The Morgan fingerprint density at radius 1 is 0.448 bits per heavy atom. The molecule has 58 heavy (non-hydrogen) atoms. The summed E-state index contributed by atoms with van der Waals surface area (Å²) < 4.78 is 4.81. The van der Waals surface area contributed by atoms with Crippen LogP contribution in [0.4, 0.5) is 0 Å². The molecular weight excluding hydrogens is 705 g/mol. The van der Waals surface area contributed by atoms with Gasteiger partial charge in [0, 0.05) is 43.9 Å². The molecule has 0 amide bonds. The molecule has 2 N–H and O–H groups in total. The summed E-state index contributed by atoms with van der Waals surface area (Å²) in [6.45, 7) is 0. The topological polar surface area (TPSA) is 48.2 Å². The highest BCUT2D eigenvalue weighted by atomic mass is 15.0. The van der Waals surface area contributed by atoms with E-state index in [9.17, 15) is 0 Å². The number of para-hydroxylation sites is 3. The van der Waals surface area contributed by atoms with E-state index in [0.29, 0.717) is 5.84 Å². The van der Waals surface area contributed by atoms with E-state index >= 15 is 0 Å². The zero-order chi connectivity index (χ0) is 38.6. The highest BCUT2D eigenvalue weighted by Crippen LogP contribution is 2.43. The highest BCUT2D eigenvalue weighted by molar-refractivity contribution is 6.31. The number of nitrogens with zero attached hydrogens (tertiary/aromatic N) is 3. The summed E-state index contributed by atoms with van der Waals surface area (Å²) in [6.07, 6.45) is 2.92. The zero-order valence-electron chi connectivity index (χ0n) is 31.8. The Morgan fingerprint density at radius 3 is 1.81 bits per heavy atom. The minimum Gasteiger partial charge on any atom is -0.383 e. The molecular formula is C54H38N4. The van der Waals surface area contributed by atoms with Crippen LogP contribution >= 0.6 is 0 Å². The molecule has 9 aromatic carbocycles. The van der Waals surface area contributed by atoms with Crippen LogP contribution in [0.15, 0.2) is 211 Å². The summed E-state index contributed by atoms with van der Waals surface area (Å²) in [4.78, 5) is 5.06. The van der Waals surface area contributed by atoms with E-state index in [-0.39, 0.29) is 0 Å². The summed E-state index contributed by atoms with van der Waals surface area (Å²) in [5, 5.41) is 9.89. The monoisotopic (exact) mass is 742 g/mol. The van der Waals surface area contributed by atoms with Gasteiger partial charge in [0.15, 0.2) is 0 Å². The molecule has 4 heteroatoms. The Labute approximate surface area is 336 Å². The van der Waals surface area contributed by atoms with Crippen molar-refractivity contribution in [2.45, 2.75) is 6.42 Å². The Hall–Kier alpha value is -7.69. The Morgan fingerprint density at radius 2 is 1.03 bits per heavy atom. The van der Waals surface area contributed by atoms with E-state index in [2.05, 4.69) is 191 Å². The summed E-state index contributed by atoms with van der Waals surface area (Å²) in [5.74, 6) is 0.473. The third-order valence-electron chi connectivity index (χ3n) is 11.5. The number of aromatic nitrogens is 2. The van der Waals surface area contributed by atoms with Crippen molar-refractivity contribution in [3.8, 4) is 11.4 Å². The number of hydrogen-bond acceptors (Lipinski definition) is 1. The van der Waals surface area contributed by atoms with Crippen LogP contribution in [-0.2, 0) is 6.42 Å². The van der Waals surface area contributed by atoms with Gasteiger partial charge in [-0.25, -0.2) is 4.99 Å². The van der Waals surface area contributed by atoms with E-state index in [1.807, 2.05) is 24.3 Å². The number of benzene rings is 9. The number of fused-ring (bicyclic) bond motifs is 11. The average molecular weight is 743 g/mol. The van der Waals surface area contributed by atoms with Crippen molar-refractivity contribution in [2.75, 3.05) is 0 Å². The van der Waals surface area contributed by atoms with Crippen LogP contribution in [0.3, 0.4) is 0 Å². The summed E-state index contributed by atoms with van der Waals surface area (Å²) in [6, 6.07) is 71.2. The zero-order valence-corrected chi connectivity index (χ0v) is 31.8. The van der Waals surface area contributed by atoms with Crippen LogP contribution in [-0.4, -0.2) is 15.0 Å². The minimum atomic E-state index is 0.473. The first kappa shape index (κ1) is 33.6. The van der Waals surface area contributed by atoms with Gasteiger partial charge >= 0.3 is 0 Å². The fourth-order valence-corrected chi connectivity index (χ4v) is 8.93. The lowest BCUT2D eigenvalue weighted by atomic mass is 9.96. The molecule has 0 aliphatic heterocycles. The van der Waals surface area contributed by atoms with E-state index in [1.54, 1.807) is 0 Å². The minimum absolute atomic E-state index is 0.473. The van der Waals surface area contributed by atoms with E-state index < -0.39 is 0 Å². The molecule has 11 rings (SSSR count). The molecule has 0 radical (unpaired) electrons. The van der Waals surface area contributed by atoms with Crippen LogP contribution in [0.1, 0.15) is 16.7 Å². The van der Waals surface area contributed by atoms with Gasteiger partial charge in [0.1, 0.15) is 5.84 Å². The Balaban J connectivity index is 1.11. The SMILES string of the molecule is NC(=N/C(=C\Cc1ccccc1)c1ccccc1)c1cccc(-n2c3ccccc3c3c4ccc5ccc6c7ccccc7n(-c7ccccc7)c6c5c4ccc32)c1. The third-order valence-corrected chi connectivity index (χ3v) is 11.5. The van der Waals surface area contributed by atoms with Gasteiger partial charge in [-0.2, -0.15) is 0 Å². The number of allylic oxidation sites excluding steroid dienone is 1. The first-order valence-electron chi connectivity index (χ1n) is 19.8. The van der Waals surface area contributed by atoms with Crippen LogP contribution < -0.4 is 5.73 Å². The molecule has 0 aliphatic rings. The van der Waals surface area contributed by atoms with Crippen LogP contribution in [0, 0.1) is 0 Å². The summed E-state index contributed by atoms with van der Waals surface area (Å²) in [5.41, 5.74) is 17.8. The van der Waals surface area contributed by atoms with Crippen LogP contribution in [0.5, 0.6) is 0 Å². The molecule has 11 aromatic rings. The number of amidine groups is 1. The quantitative estimate of drug-likeness (QED) is 0.0986.